The number of nitrogens with two attached hydrogens (primary N) is 2. The summed E-state index contributed by atoms with van der Waals surface area (Å²) in [5, 5.41) is 16.3. The molecule has 0 bridgehead atoms. The number of amides is 17. The molecule has 12 heterocycles. The highest BCUT2D eigenvalue weighted by atomic mass is 35.5. The summed E-state index contributed by atoms with van der Waals surface area (Å²) in [6.07, 6.45) is 11.8. The van der Waals surface area contributed by atoms with Crippen molar-refractivity contribution < 1.29 is 119 Å². The predicted octanol–water partition coefficient (Wildman–Crippen LogP) is 13.4. The lowest BCUT2D eigenvalue weighted by molar-refractivity contribution is -0.140. The summed E-state index contributed by atoms with van der Waals surface area (Å²) in [5.74, 6) is -2.24. The smallest absolute Gasteiger partial charge is 0.325 e. The van der Waals surface area contributed by atoms with E-state index in [-0.39, 0.29) is 99.7 Å². The van der Waals surface area contributed by atoms with E-state index in [9.17, 15) is 86.3 Å². The predicted molar refractivity (Wildman–Crippen MR) is 522 cm³/mol. The Morgan fingerprint density at radius 2 is 0.784 bits per heavy atom. The highest BCUT2D eigenvalue weighted by Crippen LogP contribution is 2.42. The number of aromatic nitrogens is 1. The number of unbranched alkanes of at least 4 members (excludes halogenated alkanes) is 1. The summed E-state index contributed by atoms with van der Waals surface area (Å²) in [4.78, 5) is 218. The molecule has 45 heteroatoms. The molecule has 706 valence electrons. The molecule has 2 aromatic heterocycles. The number of nitrogen functional groups attached to an aromatic ring is 1. The quantitative estimate of drug-likeness (QED) is 0.0310. The lowest BCUT2D eigenvalue weighted by atomic mass is 10.0. The molecular formula is C94H72ClN13O25S6. The molecule has 10 aliphatic rings. The number of fused-ring (bicyclic) bond motifs is 6. The van der Waals surface area contributed by atoms with Crippen molar-refractivity contribution in [2.24, 2.45) is 5.73 Å². The van der Waals surface area contributed by atoms with Crippen LogP contribution < -0.4 is 81.9 Å². The number of carbonyl (C=O) groups is 18. The first-order chi connectivity index (χ1) is 66.8. The third-order valence-corrected chi connectivity index (χ3v) is 25.7. The van der Waals surface area contributed by atoms with Crippen molar-refractivity contribution in [3.63, 3.8) is 0 Å². The molecule has 6 saturated heterocycles. The summed E-state index contributed by atoms with van der Waals surface area (Å²) >= 11 is 10.8. The molecule has 1 unspecified atom stereocenters. The van der Waals surface area contributed by atoms with E-state index < -0.39 is 57.9 Å². The van der Waals surface area contributed by atoms with E-state index in [1.54, 1.807) is 143 Å². The summed E-state index contributed by atoms with van der Waals surface area (Å²) < 4.78 is 36.6. The normalized spacial score (nSPS) is 18.1. The summed E-state index contributed by atoms with van der Waals surface area (Å²) in [5.41, 5.74) is 20.8. The van der Waals surface area contributed by atoms with Crippen molar-refractivity contribution in [1.82, 2.24) is 37.1 Å². The molecule has 38 nitrogen and oxygen atoms in total. The van der Waals surface area contributed by atoms with E-state index in [1.807, 2.05) is 72.8 Å². The van der Waals surface area contributed by atoms with Crippen LogP contribution >= 0.6 is 82.2 Å². The number of carbonyl (C=O) groups excluding carboxylic acids is 18. The Kier molecular flexibility index (Phi) is 30.9. The maximum atomic E-state index is 12.7. The van der Waals surface area contributed by atoms with Crippen molar-refractivity contribution in [3.05, 3.63) is 255 Å². The second-order valence-corrected chi connectivity index (χ2v) is 36.6. The molecule has 20 rings (SSSR count). The van der Waals surface area contributed by atoms with Gasteiger partial charge < -0.3 is 53.9 Å². The summed E-state index contributed by atoms with van der Waals surface area (Å²) in [6.45, 7) is 2.56. The Labute approximate surface area is 816 Å². The van der Waals surface area contributed by atoms with Crippen LogP contribution in [0.4, 0.5) is 57.3 Å². The number of furan rings is 1. The van der Waals surface area contributed by atoms with Gasteiger partial charge in [-0.1, -0.05) is 116 Å². The van der Waals surface area contributed by atoms with Crippen molar-refractivity contribution >= 4 is 272 Å². The molecule has 10 aromatic rings. The first-order valence-corrected chi connectivity index (χ1v) is 46.7. The number of nitrogens with zero attached hydrogens (tertiary/aromatic N) is 5. The van der Waals surface area contributed by atoms with Gasteiger partial charge in [0.05, 0.1) is 71.2 Å². The zero-order valence-corrected chi connectivity index (χ0v) is 77.9. The van der Waals surface area contributed by atoms with Gasteiger partial charge in [-0.05, 0) is 242 Å². The van der Waals surface area contributed by atoms with Gasteiger partial charge in [-0.25, -0.2) is 0 Å². The van der Waals surface area contributed by atoms with E-state index in [1.165, 1.54) is 23.0 Å². The van der Waals surface area contributed by atoms with Gasteiger partial charge in [0, 0.05) is 24.4 Å². The molecule has 0 aliphatic carbocycles. The number of rotatable bonds is 17. The van der Waals surface area contributed by atoms with Gasteiger partial charge in [-0.3, -0.25) is 128 Å². The van der Waals surface area contributed by atoms with Crippen LogP contribution in [-0.4, -0.2) is 160 Å². The van der Waals surface area contributed by atoms with E-state index in [2.05, 4.69) is 48.7 Å². The Morgan fingerprint density at radius 3 is 1.19 bits per heavy atom. The number of hydrogen-bond acceptors (Lipinski definition) is 33. The average molecular weight is 2010 g/mol. The average Bonchev–Trinajstić information content (AvgIpc) is 0.806. The minimum absolute atomic E-state index is 0.00692. The number of methoxy groups -OCH3 is 1. The van der Waals surface area contributed by atoms with Gasteiger partial charge in [-0.2, -0.15) is 0 Å². The van der Waals surface area contributed by atoms with Crippen molar-refractivity contribution in [2.45, 2.75) is 38.8 Å². The lowest BCUT2D eigenvalue weighted by Gasteiger charge is -2.34. The Morgan fingerprint density at radius 1 is 0.432 bits per heavy atom. The standard InChI is InChI=1S/C21H17N3O5S.C19H14N2O4S.C16H16N2O4S.C15H12N2O6S.C12H6ClNO3S.C11H7N3O3S/c22-19(26)15(8-12-4-2-1-3-5-12)24-14-9-13(6-7-16(14)29-11-18(24)25)10-17-20(27)23-21(28)30-17;22-17-11-25-15-7-6-13(9-16-18(23)20-19(24)26-16)8-14(15)21(17)10-12-4-2-1-3-5-12;1-2-3-6-18-11-7-10(4-5-12(11)22-9-14(18)19)8-13-15(20)17-16(21)23-13;1-22-13(19)6-17-9-4-8(2-3-10(9)23-7-12(17)18)5-11-14(20)16-15(21)24-11;13-10-5-7-3-6(1-2-8(7)17-10)4-9-11(15)14-12(16)18-9;12-9-6-3-5(1-2-7(6)17-14-9)4-8-10(15)13-11(16)18-8/h1-7,9-10,15H,8,11H2,(H2,22,26)(H,23,27,28);1-9H,10-11H2,(H,20,23,24);4-5,7-8H,2-3,6,9H2,1H3,(H,17,20,21);2-5H,6-7H2,1H3,(H,16,20,21);1-5H,(H,14,15,16);1-4H,(H2,12,14)(H,13,15,16). The number of thioether (sulfide) groups is 6. The molecule has 10 aliphatic heterocycles. The van der Waals surface area contributed by atoms with Crippen LogP contribution in [0.3, 0.4) is 0 Å². The van der Waals surface area contributed by atoms with Crippen LogP contribution in [0, 0.1) is 0 Å². The number of nitrogens with one attached hydrogen (secondary N) is 6. The van der Waals surface area contributed by atoms with Crippen molar-refractivity contribution in [1.29, 1.82) is 0 Å². The molecule has 8 aromatic carbocycles. The second kappa shape index (κ2) is 43.9. The van der Waals surface area contributed by atoms with Crippen molar-refractivity contribution in [2.75, 3.05) is 72.0 Å². The number of anilines is 5. The van der Waals surface area contributed by atoms with E-state index in [0.29, 0.717) is 123 Å². The number of imide groups is 6. The number of primary amides is 1. The summed E-state index contributed by atoms with van der Waals surface area (Å²) in [7, 11) is 1.24. The fourth-order valence-corrected chi connectivity index (χ4v) is 18.5. The highest BCUT2D eigenvalue weighted by Gasteiger charge is 2.38. The molecule has 17 amide bonds. The fourth-order valence-electron chi connectivity index (χ4n) is 14.2. The zero-order chi connectivity index (χ0) is 98.4. The number of benzene rings is 8. The monoisotopic (exact) mass is 2010 g/mol. The first-order valence-electron chi connectivity index (χ1n) is 41.4. The fraction of sp³-hybridized carbons (Fsp3) is 0.138. The van der Waals surface area contributed by atoms with Crippen LogP contribution in [0.15, 0.2) is 214 Å². The zero-order valence-electron chi connectivity index (χ0n) is 72.3. The lowest BCUT2D eigenvalue weighted by Crippen LogP contribution is -2.52. The van der Waals surface area contributed by atoms with Gasteiger partial charge in [-0.15, -0.1) is 0 Å². The second-order valence-electron chi connectivity index (χ2n) is 30.1. The number of ether oxygens (including phenoxy) is 5. The molecule has 0 radical (unpaired) electrons. The van der Waals surface area contributed by atoms with Gasteiger partial charge in [0.25, 0.3) is 90.5 Å². The maximum Gasteiger partial charge on any atom is 0.325 e. The molecule has 0 saturated carbocycles. The highest BCUT2D eigenvalue weighted by molar-refractivity contribution is 8.20. The van der Waals surface area contributed by atoms with Gasteiger partial charge in [0.15, 0.2) is 43.0 Å². The third kappa shape index (κ3) is 24.4. The minimum atomic E-state index is -0.906. The number of esters is 1. The van der Waals surface area contributed by atoms with Gasteiger partial charge in [0.2, 0.25) is 5.91 Å². The van der Waals surface area contributed by atoms with Crippen LogP contribution in [0.25, 0.3) is 58.4 Å². The maximum absolute atomic E-state index is 12.7. The largest absolute Gasteiger partial charge is 0.482 e. The molecule has 0 spiro atoms. The number of halogens is 1. The molecule has 1 atom stereocenters. The molecular weight excluding hydrogens is 1940 g/mol. The molecule has 10 N–H and O–H groups in total. The van der Waals surface area contributed by atoms with Crippen LogP contribution in [0.5, 0.6) is 23.0 Å². The first kappa shape index (κ1) is 97.8. The Balaban J connectivity index is 0.000000127. The topological polar surface area (TPSA) is 530 Å². The van der Waals surface area contributed by atoms with Crippen molar-refractivity contribution in [3.8, 4) is 23.0 Å². The summed E-state index contributed by atoms with van der Waals surface area (Å²) in [6, 6.07) is 51.1. The molecule has 139 heavy (non-hydrogen) atoms. The van der Waals surface area contributed by atoms with E-state index >= 15 is 0 Å². The van der Waals surface area contributed by atoms with Gasteiger partial charge >= 0.3 is 5.97 Å². The van der Waals surface area contributed by atoms with Crippen LogP contribution in [-0.2, 0) is 75.2 Å². The minimum Gasteiger partial charge on any atom is -0.482 e. The van der Waals surface area contributed by atoms with Gasteiger partial charge in [0.1, 0.15) is 41.2 Å². The van der Waals surface area contributed by atoms with Crippen LogP contribution in [0.1, 0.15) is 64.3 Å². The van der Waals surface area contributed by atoms with Crippen LogP contribution in [0.2, 0.25) is 5.22 Å². The number of hydrogen-bond donors (Lipinski definition) is 8. The third-order valence-electron chi connectivity index (χ3n) is 20.7. The Bertz CT molecular complexity index is 7050. The van der Waals surface area contributed by atoms with E-state index in [4.69, 9.17) is 51.0 Å². The van der Waals surface area contributed by atoms with E-state index in [0.717, 1.165) is 117 Å². The SMILES string of the molecule is CCCCN1C(=O)COc2ccc(C=C3SC(=O)NC3=O)cc21.COC(=O)CN1C(=O)COc2ccc(C=C3SC(=O)NC3=O)cc21.NC(=O)C(Cc1ccccc1)N1C(=O)COc2ccc(C=C3SC(=O)NC3=O)cc21.Nc1noc2ccc(C=C3SC(=O)NC3=O)cc12.O=C1NC(=O)C(=Cc2ccc3c(c2)N(Cc2ccccc2)C(=O)CO3)S1.O=C1NC(=O)C(=Cc2ccc3oc(Cl)cc3c2)S1. The Hall–Kier alpha value is -15.7. The molecule has 6 fully saturated rings.